The molecule has 0 bridgehead atoms. The van der Waals surface area contributed by atoms with Gasteiger partial charge in [-0.2, -0.15) is 0 Å². The summed E-state index contributed by atoms with van der Waals surface area (Å²) in [6.45, 7) is 0. The van der Waals surface area contributed by atoms with Gasteiger partial charge in [0.25, 0.3) is 0 Å². The number of nitrogens with one attached hydrogen (secondary N) is 2. The summed E-state index contributed by atoms with van der Waals surface area (Å²) in [4.78, 5) is 15.3. The first kappa shape index (κ1) is 31.3. The van der Waals surface area contributed by atoms with E-state index in [1.807, 2.05) is 97.1 Å². The molecule has 6 heteroatoms. The lowest BCUT2D eigenvalue weighted by Crippen LogP contribution is -2.04. The normalized spacial score (nSPS) is 11.4. The summed E-state index contributed by atoms with van der Waals surface area (Å²) in [6, 6.07) is 60.2. The van der Waals surface area contributed by atoms with Crippen molar-refractivity contribution < 1.29 is 0 Å². The Kier molecular flexibility index (Phi) is 7.51. The van der Waals surface area contributed by atoms with Crippen LogP contribution >= 0.6 is 0 Å². The molecular formula is C48H32N6. The van der Waals surface area contributed by atoms with Crippen molar-refractivity contribution in [2.45, 2.75) is 0 Å². The fourth-order valence-electron chi connectivity index (χ4n) is 7.68. The molecule has 0 saturated heterocycles. The fourth-order valence-corrected chi connectivity index (χ4v) is 7.68. The zero-order valence-corrected chi connectivity index (χ0v) is 29.1. The molecule has 10 aromatic rings. The fraction of sp³-hybridized carbons (Fsp3) is 0. The average molecular weight is 693 g/mol. The van der Waals surface area contributed by atoms with Crippen LogP contribution in [0.1, 0.15) is 5.56 Å². The summed E-state index contributed by atoms with van der Waals surface area (Å²) < 4.78 is 2.35. The van der Waals surface area contributed by atoms with Crippen molar-refractivity contribution in [2.24, 2.45) is 0 Å². The Balaban J connectivity index is 1.32. The quantitative estimate of drug-likeness (QED) is 0.129. The average Bonchev–Trinajstić information content (AvgIpc) is 3.58. The van der Waals surface area contributed by atoms with E-state index in [0.29, 0.717) is 17.5 Å². The maximum Gasteiger partial charge on any atom is 0.166 e. The van der Waals surface area contributed by atoms with Gasteiger partial charge in [-0.25, -0.2) is 15.0 Å². The topological polar surface area (TPSA) is 79.5 Å². The molecule has 254 valence electrons. The SMILES string of the molecule is N=Cc1c(Nc2ccccc2)ccc2c1c1ccc3ccc4ccccc4c3c1n2-c1ccccc1-c1nc(-c2ccccc2)nc(-c2ccccc2)n1. The third kappa shape index (κ3) is 5.20. The molecule has 0 radical (unpaired) electrons. The molecule has 8 aromatic carbocycles. The van der Waals surface area contributed by atoms with Gasteiger partial charge >= 0.3 is 0 Å². The van der Waals surface area contributed by atoms with Gasteiger partial charge < -0.3 is 15.3 Å². The smallest absolute Gasteiger partial charge is 0.166 e. The molecule has 2 aromatic heterocycles. The first-order valence-electron chi connectivity index (χ1n) is 18.0. The lowest BCUT2D eigenvalue weighted by Gasteiger charge is -2.16. The number of para-hydroxylation sites is 2. The molecule has 10 rings (SSSR count). The first-order chi connectivity index (χ1) is 26.7. The third-order valence-electron chi connectivity index (χ3n) is 10.1. The molecule has 0 aliphatic carbocycles. The van der Waals surface area contributed by atoms with E-state index in [-0.39, 0.29) is 0 Å². The van der Waals surface area contributed by atoms with Gasteiger partial charge in [-0.3, -0.25) is 0 Å². The van der Waals surface area contributed by atoms with Crippen LogP contribution in [0.4, 0.5) is 11.4 Å². The highest BCUT2D eigenvalue weighted by Crippen LogP contribution is 2.43. The van der Waals surface area contributed by atoms with Gasteiger partial charge in [0.05, 0.1) is 16.7 Å². The lowest BCUT2D eigenvalue weighted by molar-refractivity contribution is 1.06. The maximum atomic E-state index is 8.80. The van der Waals surface area contributed by atoms with Crippen LogP contribution in [0.5, 0.6) is 0 Å². The molecule has 2 heterocycles. The number of hydrogen-bond donors (Lipinski definition) is 2. The molecule has 2 N–H and O–H groups in total. The van der Waals surface area contributed by atoms with Crippen LogP contribution in [0, 0.1) is 5.41 Å². The summed E-state index contributed by atoms with van der Waals surface area (Å²) in [5.41, 5.74) is 8.32. The Morgan fingerprint density at radius 3 is 1.80 bits per heavy atom. The number of rotatable bonds is 7. The summed E-state index contributed by atoms with van der Waals surface area (Å²) in [7, 11) is 0. The van der Waals surface area contributed by atoms with Gasteiger partial charge in [-0.1, -0.05) is 140 Å². The monoisotopic (exact) mass is 692 g/mol. The standard InChI is InChI=1S/C48H32N6/c49-30-39-40(50-35-19-8-3-9-20-35)28-29-42-44(39)38-27-26-32-25-24-31-14-10-11-21-36(31)43(32)45(38)54(42)41-23-13-12-22-37(41)48-52-46(33-15-4-1-5-16-33)51-47(53-48)34-17-6-2-7-18-34/h1-30,49-50H. The lowest BCUT2D eigenvalue weighted by atomic mass is 9.98. The van der Waals surface area contributed by atoms with E-state index in [1.165, 1.54) is 17.0 Å². The van der Waals surface area contributed by atoms with Gasteiger partial charge in [0.1, 0.15) is 0 Å². The van der Waals surface area contributed by atoms with Crippen molar-refractivity contribution in [1.29, 1.82) is 5.41 Å². The zero-order valence-electron chi connectivity index (χ0n) is 29.1. The summed E-state index contributed by atoms with van der Waals surface area (Å²) in [6.07, 6.45) is 1.47. The van der Waals surface area contributed by atoms with E-state index in [2.05, 4.69) is 88.7 Å². The van der Waals surface area contributed by atoms with Crippen LogP contribution in [0.2, 0.25) is 0 Å². The van der Waals surface area contributed by atoms with E-state index in [9.17, 15) is 0 Å². The Bertz CT molecular complexity index is 2970. The number of fused-ring (bicyclic) bond motifs is 7. The van der Waals surface area contributed by atoms with Crippen LogP contribution in [-0.4, -0.2) is 25.7 Å². The predicted octanol–water partition coefficient (Wildman–Crippen LogP) is 12.0. The number of benzene rings is 8. The Morgan fingerprint density at radius 1 is 0.481 bits per heavy atom. The van der Waals surface area contributed by atoms with Gasteiger partial charge in [-0.05, 0) is 52.6 Å². The first-order valence-corrected chi connectivity index (χ1v) is 18.0. The largest absolute Gasteiger partial charge is 0.355 e. The molecular weight excluding hydrogens is 661 g/mol. The van der Waals surface area contributed by atoms with Crippen LogP contribution in [0.25, 0.3) is 83.2 Å². The molecule has 0 aliphatic rings. The molecule has 0 aliphatic heterocycles. The van der Waals surface area contributed by atoms with Crippen molar-refractivity contribution in [3.05, 3.63) is 181 Å². The molecule has 0 spiro atoms. The molecule has 0 amide bonds. The van der Waals surface area contributed by atoms with Crippen molar-refractivity contribution in [3.63, 3.8) is 0 Å². The van der Waals surface area contributed by atoms with E-state index in [0.717, 1.165) is 71.9 Å². The van der Waals surface area contributed by atoms with Crippen LogP contribution in [-0.2, 0) is 0 Å². The number of nitrogens with zero attached hydrogens (tertiary/aromatic N) is 4. The summed E-state index contributed by atoms with van der Waals surface area (Å²) >= 11 is 0. The highest BCUT2D eigenvalue weighted by atomic mass is 15.1. The van der Waals surface area contributed by atoms with E-state index in [4.69, 9.17) is 20.4 Å². The highest BCUT2D eigenvalue weighted by Gasteiger charge is 2.23. The number of anilines is 2. The Morgan fingerprint density at radius 2 is 1.07 bits per heavy atom. The minimum atomic E-state index is 0.577. The molecule has 0 unspecified atom stereocenters. The molecule has 0 atom stereocenters. The second-order valence-corrected chi connectivity index (χ2v) is 13.3. The van der Waals surface area contributed by atoms with E-state index < -0.39 is 0 Å². The minimum absolute atomic E-state index is 0.577. The highest BCUT2D eigenvalue weighted by molar-refractivity contribution is 6.28. The van der Waals surface area contributed by atoms with Crippen LogP contribution in [0.3, 0.4) is 0 Å². The second kappa shape index (κ2) is 13.0. The van der Waals surface area contributed by atoms with Gasteiger partial charge in [0.2, 0.25) is 0 Å². The van der Waals surface area contributed by atoms with Crippen LogP contribution in [0.15, 0.2) is 176 Å². The van der Waals surface area contributed by atoms with Crippen molar-refractivity contribution >= 4 is 60.9 Å². The molecule has 6 nitrogen and oxygen atoms in total. The summed E-state index contributed by atoms with van der Waals surface area (Å²) in [5.74, 6) is 1.79. The Labute approximate surface area is 311 Å². The van der Waals surface area contributed by atoms with Crippen molar-refractivity contribution in [2.75, 3.05) is 5.32 Å². The predicted molar refractivity (Wildman–Crippen MR) is 223 cm³/mol. The molecule has 54 heavy (non-hydrogen) atoms. The molecule has 0 saturated carbocycles. The minimum Gasteiger partial charge on any atom is -0.355 e. The van der Waals surface area contributed by atoms with Crippen LogP contribution < -0.4 is 5.32 Å². The van der Waals surface area contributed by atoms with E-state index in [1.54, 1.807) is 0 Å². The van der Waals surface area contributed by atoms with E-state index >= 15 is 0 Å². The zero-order chi connectivity index (χ0) is 36.0. The van der Waals surface area contributed by atoms with Crippen molar-refractivity contribution in [1.82, 2.24) is 19.5 Å². The number of aromatic nitrogens is 4. The van der Waals surface area contributed by atoms with Crippen molar-refractivity contribution in [3.8, 4) is 39.9 Å². The Hall–Kier alpha value is -7.44. The molecule has 0 fully saturated rings. The second-order valence-electron chi connectivity index (χ2n) is 13.3. The van der Waals surface area contributed by atoms with Gasteiger partial charge in [-0.15, -0.1) is 0 Å². The van der Waals surface area contributed by atoms with Gasteiger partial charge in [0.15, 0.2) is 17.5 Å². The van der Waals surface area contributed by atoms with Gasteiger partial charge in [0, 0.05) is 56.0 Å². The number of hydrogen-bond acceptors (Lipinski definition) is 5. The third-order valence-corrected chi connectivity index (χ3v) is 10.1. The summed E-state index contributed by atoms with van der Waals surface area (Å²) in [5, 5.41) is 19.1. The maximum absolute atomic E-state index is 8.80.